The van der Waals surface area contributed by atoms with E-state index < -0.39 is 0 Å². The number of benzene rings is 1. The molecular formula is C25H25N3O4S. The van der Waals surface area contributed by atoms with Gasteiger partial charge in [0.1, 0.15) is 11.4 Å². The van der Waals surface area contributed by atoms with Crippen molar-refractivity contribution in [3.05, 3.63) is 74.4 Å². The number of carbonyl (C=O) groups is 1. The summed E-state index contributed by atoms with van der Waals surface area (Å²) in [5.41, 5.74) is 3.18. The number of ether oxygens (including phenoxy) is 2. The van der Waals surface area contributed by atoms with Gasteiger partial charge in [0, 0.05) is 21.8 Å². The third-order valence-corrected chi connectivity index (χ3v) is 7.41. The number of para-hydroxylation sites is 2. The van der Waals surface area contributed by atoms with Crippen LogP contribution in [0.4, 0.5) is 0 Å². The molecule has 0 N–H and O–H groups in total. The molecule has 0 aliphatic carbocycles. The molecule has 33 heavy (non-hydrogen) atoms. The van der Waals surface area contributed by atoms with Crippen LogP contribution in [0.1, 0.15) is 32.2 Å². The van der Waals surface area contributed by atoms with Gasteiger partial charge in [0.25, 0.3) is 5.56 Å². The maximum absolute atomic E-state index is 13.2. The molecule has 0 saturated carbocycles. The molecule has 5 rings (SSSR count). The van der Waals surface area contributed by atoms with Crippen molar-refractivity contribution in [1.29, 1.82) is 0 Å². The topological polar surface area (TPSA) is 75.3 Å². The minimum Gasteiger partial charge on any atom is -0.486 e. The van der Waals surface area contributed by atoms with E-state index in [0.717, 1.165) is 33.3 Å². The molecule has 1 unspecified atom stereocenters. The second-order valence-corrected chi connectivity index (χ2v) is 9.66. The van der Waals surface area contributed by atoms with Crippen LogP contribution in [-0.2, 0) is 13.1 Å². The van der Waals surface area contributed by atoms with Gasteiger partial charge in [0.2, 0.25) is 0 Å². The summed E-state index contributed by atoms with van der Waals surface area (Å²) in [7, 11) is 0. The van der Waals surface area contributed by atoms with Gasteiger partial charge < -0.3 is 14.0 Å². The zero-order valence-corrected chi connectivity index (χ0v) is 19.9. The maximum atomic E-state index is 13.2. The van der Waals surface area contributed by atoms with Gasteiger partial charge in [-0.2, -0.15) is 0 Å². The third kappa shape index (κ3) is 3.74. The second-order valence-electron chi connectivity index (χ2n) is 8.46. The number of ketones is 1. The van der Waals surface area contributed by atoms with Gasteiger partial charge in [-0.3, -0.25) is 14.2 Å². The largest absolute Gasteiger partial charge is 0.486 e. The lowest BCUT2D eigenvalue weighted by Gasteiger charge is -2.27. The van der Waals surface area contributed by atoms with Crippen LogP contribution in [0.3, 0.4) is 0 Å². The third-order valence-electron chi connectivity index (χ3n) is 6.30. The highest BCUT2D eigenvalue weighted by Crippen LogP contribution is 2.32. The molecule has 0 spiro atoms. The number of carbonyl (C=O) groups excluding carboxylic acids is 1. The Morgan fingerprint density at radius 1 is 1.18 bits per heavy atom. The Bertz CT molecular complexity index is 1450. The number of hydrogen-bond acceptors (Lipinski definition) is 6. The molecule has 0 saturated heterocycles. The molecule has 8 heteroatoms. The molecular weight excluding hydrogens is 438 g/mol. The molecule has 1 aliphatic rings. The highest BCUT2D eigenvalue weighted by atomic mass is 32.1. The number of thiophene rings is 1. The maximum Gasteiger partial charge on any atom is 0.262 e. The Balaban J connectivity index is 1.38. The molecule has 0 fully saturated rings. The highest BCUT2D eigenvalue weighted by Gasteiger charge is 2.24. The SMILES string of the molecule is Cc1sc2ncn(CC(=O)c3cc(C)n(CC4COc5ccccc5O4)c3C)c(=O)c2c1C. The number of Topliss-reactive ketones (excluding diaryl/α,β-unsaturated/α-hetero) is 1. The lowest BCUT2D eigenvalue weighted by Crippen LogP contribution is -2.33. The van der Waals surface area contributed by atoms with E-state index >= 15 is 0 Å². The summed E-state index contributed by atoms with van der Waals surface area (Å²) in [6.45, 7) is 8.76. The van der Waals surface area contributed by atoms with Crippen molar-refractivity contribution < 1.29 is 14.3 Å². The lowest BCUT2D eigenvalue weighted by atomic mass is 10.1. The van der Waals surface area contributed by atoms with Crippen molar-refractivity contribution >= 4 is 27.3 Å². The zero-order chi connectivity index (χ0) is 23.3. The monoisotopic (exact) mass is 463 g/mol. The van der Waals surface area contributed by atoms with Crippen LogP contribution in [0.15, 0.2) is 41.5 Å². The number of hydrogen-bond donors (Lipinski definition) is 0. The molecule has 170 valence electrons. The van der Waals surface area contributed by atoms with Gasteiger partial charge in [0.15, 0.2) is 23.4 Å². The van der Waals surface area contributed by atoms with Crippen molar-refractivity contribution in [3.8, 4) is 11.5 Å². The summed E-state index contributed by atoms with van der Waals surface area (Å²) >= 11 is 1.50. The van der Waals surface area contributed by atoms with Crippen molar-refractivity contribution in [2.75, 3.05) is 6.61 Å². The Labute approximate surface area is 195 Å². The standard InChI is InChI=1S/C25H25N3O4S/c1-14-9-19(16(3)28(14)10-18-12-31-21-7-5-6-8-22(21)32-18)20(29)11-27-13-26-24-23(25(27)30)15(2)17(4)33-24/h5-9,13,18H,10-12H2,1-4H3. The van der Waals surface area contributed by atoms with Gasteiger partial charge in [-0.05, 0) is 51.5 Å². The highest BCUT2D eigenvalue weighted by molar-refractivity contribution is 7.18. The number of rotatable bonds is 5. The van der Waals surface area contributed by atoms with Gasteiger partial charge >= 0.3 is 0 Å². The van der Waals surface area contributed by atoms with E-state index in [-0.39, 0.29) is 24.0 Å². The number of fused-ring (bicyclic) bond motifs is 2. The molecule has 1 aromatic carbocycles. The van der Waals surface area contributed by atoms with E-state index in [4.69, 9.17) is 9.47 Å². The first-order chi connectivity index (χ1) is 15.8. The van der Waals surface area contributed by atoms with Crippen molar-refractivity contribution in [2.24, 2.45) is 0 Å². The van der Waals surface area contributed by atoms with Crippen LogP contribution in [0.2, 0.25) is 0 Å². The molecule has 4 heterocycles. The van der Waals surface area contributed by atoms with Gasteiger partial charge in [-0.1, -0.05) is 12.1 Å². The molecule has 7 nitrogen and oxygen atoms in total. The molecule has 0 bridgehead atoms. The number of aromatic nitrogens is 3. The molecule has 0 amide bonds. The predicted octanol–water partition coefficient (Wildman–Crippen LogP) is 4.22. The van der Waals surface area contributed by atoms with E-state index in [2.05, 4.69) is 9.55 Å². The molecule has 0 radical (unpaired) electrons. The van der Waals surface area contributed by atoms with Crippen LogP contribution >= 0.6 is 11.3 Å². The first kappa shape index (κ1) is 21.5. The van der Waals surface area contributed by atoms with E-state index in [1.807, 2.05) is 58.0 Å². The smallest absolute Gasteiger partial charge is 0.262 e. The average molecular weight is 464 g/mol. The second kappa shape index (κ2) is 8.19. The number of nitrogens with zero attached hydrogens (tertiary/aromatic N) is 3. The predicted molar refractivity (Wildman–Crippen MR) is 128 cm³/mol. The Kier molecular flexibility index (Phi) is 5.32. The summed E-state index contributed by atoms with van der Waals surface area (Å²) in [6, 6.07) is 9.50. The van der Waals surface area contributed by atoms with Gasteiger partial charge in [-0.25, -0.2) is 4.98 Å². The van der Waals surface area contributed by atoms with E-state index in [1.165, 1.54) is 22.2 Å². The fourth-order valence-electron chi connectivity index (χ4n) is 4.34. The van der Waals surface area contributed by atoms with E-state index in [9.17, 15) is 9.59 Å². The van der Waals surface area contributed by atoms with Crippen LogP contribution in [0.25, 0.3) is 10.2 Å². The summed E-state index contributed by atoms with van der Waals surface area (Å²) in [5, 5.41) is 0.605. The summed E-state index contributed by atoms with van der Waals surface area (Å²) in [5.74, 6) is 1.36. The van der Waals surface area contributed by atoms with Crippen molar-refractivity contribution in [3.63, 3.8) is 0 Å². The van der Waals surface area contributed by atoms with E-state index in [0.29, 0.717) is 28.9 Å². The average Bonchev–Trinajstić information content (AvgIpc) is 3.25. The van der Waals surface area contributed by atoms with Gasteiger partial charge in [0.05, 0.1) is 24.8 Å². The minimum absolute atomic E-state index is 0.0448. The normalized spacial score (nSPS) is 15.2. The molecule has 1 atom stereocenters. The summed E-state index contributed by atoms with van der Waals surface area (Å²) in [4.78, 5) is 32.4. The van der Waals surface area contributed by atoms with Crippen LogP contribution in [0, 0.1) is 27.7 Å². The fraction of sp³-hybridized carbons (Fsp3) is 0.320. The van der Waals surface area contributed by atoms with Crippen LogP contribution in [0.5, 0.6) is 11.5 Å². The fourth-order valence-corrected chi connectivity index (χ4v) is 5.33. The minimum atomic E-state index is -0.171. The van der Waals surface area contributed by atoms with Gasteiger partial charge in [-0.15, -0.1) is 11.3 Å². The quantitative estimate of drug-likeness (QED) is 0.415. The van der Waals surface area contributed by atoms with Crippen molar-refractivity contribution in [1.82, 2.24) is 14.1 Å². The molecule has 4 aromatic rings. The van der Waals surface area contributed by atoms with Crippen LogP contribution < -0.4 is 15.0 Å². The lowest BCUT2D eigenvalue weighted by molar-refractivity contribution is 0.0777. The summed E-state index contributed by atoms with van der Waals surface area (Å²) < 4.78 is 15.4. The Hall–Kier alpha value is -3.39. The first-order valence-corrected chi connectivity index (χ1v) is 11.7. The Morgan fingerprint density at radius 2 is 1.94 bits per heavy atom. The molecule has 3 aromatic heterocycles. The molecule has 1 aliphatic heterocycles. The first-order valence-electron chi connectivity index (χ1n) is 10.9. The van der Waals surface area contributed by atoms with Crippen LogP contribution in [-0.4, -0.2) is 32.6 Å². The van der Waals surface area contributed by atoms with Crippen molar-refractivity contribution in [2.45, 2.75) is 46.9 Å². The Morgan fingerprint density at radius 3 is 2.73 bits per heavy atom. The zero-order valence-electron chi connectivity index (χ0n) is 19.0. The number of aryl methyl sites for hydroxylation is 3. The van der Waals surface area contributed by atoms with E-state index in [1.54, 1.807) is 0 Å². The summed E-state index contributed by atoms with van der Waals surface area (Å²) in [6.07, 6.45) is 1.31.